The fourth-order valence-corrected chi connectivity index (χ4v) is 2.21. The maximum Gasteiger partial charge on any atom is 0.390 e. The van der Waals surface area contributed by atoms with Crippen LogP contribution in [0.3, 0.4) is 0 Å². The lowest BCUT2D eigenvalue weighted by atomic mass is 9.92. The van der Waals surface area contributed by atoms with Gasteiger partial charge in [0.05, 0.1) is 6.42 Å². The Hall–Kier alpha value is -0.290. The Morgan fingerprint density at radius 2 is 1.81 bits per heavy atom. The van der Waals surface area contributed by atoms with Crippen LogP contribution < -0.4 is 5.32 Å². The van der Waals surface area contributed by atoms with E-state index in [0.717, 1.165) is 26.1 Å². The summed E-state index contributed by atoms with van der Waals surface area (Å²) in [6, 6.07) is -0.390. The van der Waals surface area contributed by atoms with E-state index in [0.29, 0.717) is 5.92 Å². The van der Waals surface area contributed by atoms with Crippen LogP contribution in [0.2, 0.25) is 0 Å². The van der Waals surface area contributed by atoms with Gasteiger partial charge in [0.25, 0.3) is 0 Å². The first-order chi connectivity index (χ1) is 7.38. The third-order valence-corrected chi connectivity index (χ3v) is 3.06. The monoisotopic (exact) mass is 239 g/mol. The smallest absolute Gasteiger partial charge is 0.381 e. The van der Waals surface area contributed by atoms with Crippen molar-refractivity contribution >= 4 is 0 Å². The van der Waals surface area contributed by atoms with Gasteiger partial charge < -0.3 is 10.1 Å². The highest BCUT2D eigenvalue weighted by atomic mass is 19.4. The second-order valence-corrected chi connectivity index (χ2v) is 4.63. The van der Waals surface area contributed by atoms with Crippen molar-refractivity contribution in [3.63, 3.8) is 0 Å². The predicted molar refractivity (Wildman–Crippen MR) is 56.3 cm³/mol. The van der Waals surface area contributed by atoms with Gasteiger partial charge in [0.2, 0.25) is 0 Å². The quantitative estimate of drug-likeness (QED) is 0.814. The van der Waals surface area contributed by atoms with Crippen LogP contribution in [0.1, 0.15) is 33.1 Å². The minimum atomic E-state index is -4.08. The van der Waals surface area contributed by atoms with Crippen molar-refractivity contribution in [2.75, 3.05) is 13.2 Å². The van der Waals surface area contributed by atoms with Gasteiger partial charge in [-0.1, -0.05) is 0 Å². The number of hydrogen-bond acceptors (Lipinski definition) is 2. The van der Waals surface area contributed by atoms with Crippen molar-refractivity contribution in [3.05, 3.63) is 0 Å². The fraction of sp³-hybridized carbons (Fsp3) is 1.00. The highest BCUT2D eigenvalue weighted by molar-refractivity contribution is 4.78. The summed E-state index contributed by atoms with van der Waals surface area (Å²) in [7, 11) is 0. The third kappa shape index (κ3) is 5.16. The molecule has 2 unspecified atom stereocenters. The number of ether oxygens (including phenoxy) is 1. The van der Waals surface area contributed by atoms with Gasteiger partial charge >= 0.3 is 6.18 Å². The molecule has 1 aliphatic heterocycles. The topological polar surface area (TPSA) is 21.3 Å². The number of alkyl halides is 3. The van der Waals surface area contributed by atoms with Gasteiger partial charge in [0.1, 0.15) is 0 Å². The Bertz CT molecular complexity index is 202. The summed E-state index contributed by atoms with van der Waals surface area (Å²) in [5.41, 5.74) is 0. The Morgan fingerprint density at radius 3 is 2.31 bits per heavy atom. The van der Waals surface area contributed by atoms with Crippen LogP contribution in [-0.4, -0.2) is 31.5 Å². The standard InChI is InChI=1S/C11H20F3NO/c1-8(7-11(12,13)14)15-9(2)10-3-5-16-6-4-10/h8-10,15H,3-7H2,1-2H3. The second kappa shape index (κ2) is 5.87. The van der Waals surface area contributed by atoms with Gasteiger partial charge in [-0.05, 0) is 32.6 Å². The molecule has 16 heavy (non-hydrogen) atoms. The molecule has 1 aliphatic rings. The zero-order chi connectivity index (χ0) is 12.2. The van der Waals surface area contributed by atoms with E-state index in [1.807, 2.05) is 6.92 Å². The molecular weight excluding hydrogens is 219 g/mol. The van der Waals surface area contributed by atoms with E-state index in [1.54, 1.807) is 6.92 Å². The molecule has 0 saturated carbocycles. The van der Waals surface area contributed by atoms with Crippen molar-refractivity contribution in [3.8, 4) is 0 Å². The molecule has 0 bridgehead atoms. The van der Waals surface area contributed by atoms with Crippen molar-refractivity contribution in [1.29, 1.82) is 0 Å². The van der Waals surface area contributed by atoms with E-state index in [9.17, 15) is 13.2 Å². The molecule has 5 heteroatoms. The predicted octanol–water partition coefficient (Wildman–Crippen LogP) is 2.73. The van der Waals surface area contributed by atoms with Crippen LogP contribution in [0.4, 0.5) is 13.2 Å². The molecule has 1 N–H and O–H groups in total. The number of rotatable bonds is 4. The number of halogens is 3. The van der Waals surface area contributed by atoms with Gasteiger partial charge in [-0.2, -0.15) is 13.2 Å². The van der Waals surface area contributed by atoms with Crippen LogP contribution in [0.5, 0.6) is 0 Å². The molecule has 1 heterocycles. The number of nitrogens with one attached hydrogen (secondary N) is 1. The van der Waals surface area contributed by atoms with E-state index >= 15 is 0 Å². The summed E-state index contributed by atoms with van der Waals surface area (Å²) in [4.78, 5) is 0. The molecule has 0 aromatic heterocycles. The molecule has 0 aliphatic carbocycles. The summed E-state index contributed by atoms with van der Waals surface area (Å²) < 4.78 is 41.6. The normalized spacial score (nSPS) is 23.1. The molecule has 2 atom stereocenters. The van der Waals surface area contributed by atoms with Gasteiger partial charge in [0.15, 0.2) is 0 Å². The second-order valence-electron chi connectivity index (χ2n) is 4.63. The maximum atomic E-state index is 12.1. The third-order valence-electron chi connectivity index (χ3n) is 3.06. The molecular formula is C11H20F3NO. The molecule has 1 rings (SSSR count). The molecule has 0 radical (unpaired) electrons. The largest absolute Gasteiger partial charge is 0.390 e. The van der Waals surface area contributed by atoms with E-state index in [-0.39, 0.29) is 6.04 Å². The van der Waals surface area contributed by atoms with Gasteiger partial charge in [-0.3, -0.25) is 0 Å². The lowest BCUT2D eigenvalue weighted by Gasteiger charge is -2.30. The SMILES string of the molecule is CC(CC(F)(F)F)NC(C)C1CCOCC1. The molecule has 96 valence electrons. The average molecular weight is 239 g/mol. The molecule has 0 amide bonds. The highest BCUT2D eigenvalue weighted by Crippen LogP contribution is 2.23. The van der Waals surface area contributed by atoms with Gasteiger partial charge in [-0.15, -0.1) is 0 Å². The first-order valence-corrected chi connectivity index (χ1v) is 5.79. The van der Waals surface area contributed by atoms with Crippen LogP contribution in [0, 0.1) is 5.92 Å². The molecule has 1 saturated heterocycles. The summed E-state index contributed by atoms with van der Waals surface area (Å²) in [5, 5.41) is 3.03. The lowest BCUT2D eigenvalue weighted by Crippen LogP contribution is -2.43. The fourth-order valence-electron chi connectivity index (χ4n) is 2.21. The molecule has 2 nitrogen and oxygen atoms in total. The van der Waals surface area contributed by atoms with Crippen LogP contribution >= 0.6 is 0 Å². The zero-order valence-electron chi connectivity index (χ0n) is 9.81. The Kier molecular flexibility index (Phi) is 5.05. The van der Waals surface area contributed by atoms with E-state index in [2.05, 4.69) is 5.32 Å². The minimum absolute atomic E-state index is 0.126. The summed E-state index contributed by atoms with van der Waals surface area (Å²) >= 11 is 0. The lowest BCUT2D eigenvalue weighted by molar-refractivity contribution is -0.139. The molecule has 0 spiro atoms. The van der Waals surface area contributed by atoms with Crippen molar-refractivity contribution in [1.82, 2.24) is 5.32 Å². The van der Waals surface area contributed by atoms with E-state index < -0.39 is 18.6 Å². The summed E-state index contributed by atoms with van der Waals surface area (Å²) in [5.74, 6) is 0.435. The van der Waals surface area contributed by atoms with E-state index in [4.69, 9.17) is 4.74 Å². The summed E-state index contributed by atoms with van der Waals surface area (Å²) in [6.45, 7) is 5.00. The van der Waals surface area contributed by atoms with Crippen LogP contribution in [0.25, 0.3) is 0 Å². The van der Waals surface area contributed by atoms with E-state index in [1.165, 1.54) is 0 Å². The zero-order valence-corrected chi connectivity index (χ0v) is 9.81. The first-order valence-electron chi connectivity index (χ1n) is 5.79. The minimum Gasteiger partial charge on any atom is -0.381 e. The average Bonchev–Trinajstić information content (AvgIpc) is 2.16. The van der Waals surface area contributed by atoms with Crippen LogP contribution in [0.15, 0.2) is 0 Å². The molecule has 0 aromatic carbocycles. The Morgan fingerprint density at radius 1 is 1.25 bits per heavy atom. The summed E-state index contributed by atoms with van der Waals surface area (Å²) in [6.07, 6.45) is -2.97. The van der Waals surface area contributed by atoms with Gasteiger partial charge in [-0.25, -0.2) is 0 Å². The van der Waals surface area contributed by atoms with Crippen LogP contribution in [-0.2, 0) is 4.74 Å². The molecule has 1 fully saturated rings. The maximum absolute atomic E-state index is 12.1. The molecule has 0 aromatic rings. The van der Waals surface area contributed by atoms with Crippen molar-refractivity contribution in [2.45, 2.75) is 51.4 Å². The van der Waals surface area contributed by atoms with Crippen molar-refractivity contribution < 1.29 is 17.9 Å². The van der Waals surface area contributed by atoms with Crippen molar-refractivity contribution in [2.24, 2.45) is 5.92 Å². The number of hydrogen-bond donors (Lipinski definition) is 1. The Labute approximate surface area is 94.5 Å². The highest BCUT2D eigenvalue weighted by Gasteiger charge is 2.31. The Balaban J connectivity index is 2.29. The van der Waals surface area contributed by atoms with Gasteiger partial charge in [0, 0.05) is 25.3 Å². The first kappa shape index (κ1) is 13.8.